The Morgan fingerprint density at radius 1 is 0.957 bits per heavy atom. The molecule has 251 valence electrons. The molecule has 5 heteroatoms. The minimum absolute atomic E-state index is 0. The molecule has 0 aliphatic heterocycles. The first-order chi connectivity index (χ1) is 21.9. The Balaban J connectivity index is 0.000000269. The molecule has 0 atom stereocenters. The second-order valence-corrected chi connectivity index (χ2v) is 14.6. The molecule has 2 aromatic heterocycles. The predicted octanol–water partition coefficient (Wildman–Crippen LogP) is 11.7. The van der Waals surface area contributed by atoms with Gasteiger partial charge < -0.3 is 14.5 Å². The van der Waals surface area contributed by atoms with Gasteiger partial charge in [0.05, 0.1) is 11.3 Å². The van der Waals surface area contributed by atoms with Gasteiger partial charge in [-0.2, -0.15) is 0 Å². The van der Waals surface area contributed by atoms with Crippen LogP contribution in [-0.2, 0) is 36.7 Å². The number of allylic oxidation sites excluding steroid dienone is 2. The number of hydrogen-bond acceptors (Lipinski definition) is 4. The van der Waals surface area contributed by atoms with E-state index < -0.39 is 0 Å². The van der Waals surface area contributed by atoms with Crippen LogP contribution in [0.5, 0.6) is 0 Å². The number of benzene rings is 3. The molecular weight excluding hydrogens is 759 g/mol. The molecule has 5 aromatic rings. The molecule has 2 heterocycles. The van der Waals surface area contributed by atoms with Crippen LogP contribution in [0.3, 0.4) is 0 Å². The zero-order chi connectivity index (χ0) is 33.4. The zero-order valence-electron chi connectivity index (χ0n) is 29.5. The molecule has 6 rings (SSSR count). The van der Waals surface area contributed by atoms with Crippen molar-refractivity contribution in [1.82, 2.24) is 4.98 Å². The molecule has 0 saturated heterocycles. The summed E-state index contributed by atoms with van der Waals surface area (Å²) in [6, 6.07) is 20.7. The summed E-state index contributed by atoms with van der Waals surface area (Å²) in [5, 5.41) is 14.6. The molecule has 4 nitrogen and oxygen atoms in total. The number of ketones is 1. The molecule has 1 radical (unpaired) electrons. The molecule has 1 aliphatic carbocycles. The van der Waals surface area contributed by atoms with E-state index in [0.717, 1.165) is 59.9 Å². The summed E-state index contributed by atoms with van der Waals surface area (Å²) < 4.78 is 6.53. The first-order valence-electron chi connectivity index (χ1n) is 17.1. The van der Waals surface area contributed by atoms with Crippen LogP contribution in [0.25, 0.3) is 44.0 Å². The molecule has 0 unspecified atom stereocenters. The molecule has 3 aromatic carbocycles. The van der Waals surface area contributed by atoms with Crippen molar-refractivity contribution in [2.75, 3.05) is 0 Å². The molecule has 0 amide bonds. The number of aromatic nitrogens is 1. The Morgan fingerprint density at radius 3 is 2.26 bits per heavy atom. The number of pyridine rings is 1. The maximum atomic E-state index is 11.7. The molecule has 1 aliphatic rings. The van der Waals surface area contributed by atoms with E-state index in [1.54, 1.807) is 0 Å². The number of carbonyl (C=O) groups excluding carboxylic acids is 1. The molecular formula is C42H50IrNO3-. The van der Waals surface area contributed by atoms with Crippen LogP contribution < -0.4 is 0 Å². The Bertz CT molecular complexity index is 1920. The predicted molar refractivity (Wildman–Crippen MR) is 192 cm³/mol. The normalized spacial score (nSPS) is 13.9. The van der Waals surface area contributed by atoms with Crippen LogP contribution in [-0.4, -0.2) is 15.9 Å². The second kappa shape index (κ2) is 14.5. The van der Waals surface area contributed by atoms with Gasteiger partial charge in [-0.15, -0.1) is 17.7 Å². The minimum Gasteiger partial charge on any atom is -0.512 e. The maximum absolute atomic E-state index is 11.7. The van der Waals surface area contributed by atoms with Gasteiger partial charge in [-0.1, -0.05) is 110 Å². The SMILES string of the molecule is CC(C)(C)Cc1ccc2c3c1oc1cc[c-]c(c13)-c1ncc3ccccc3c1C2(C)C.CCC(CC)C(=O)/C=C(\O)C(CC)CC.[Ir]. The fraction of sp³-hybridized carbons (Fsp3) is 0.429. The van der Waals surface area contributed by atoms with Crippen molar-refractivity contribution in [2.24, 2.45) is 17.3 Å². The van der Waals surface area contributed by atoms with Crippen LogP contribution in [0.1, 0.15) is 105 Å². The molecule has 47 heavy (non-hydrogen) atoms. The van der Waals surface area contributed by atoms with Gasteiger partial charge in [0.15, 0.2) is 5.78 Å². The van der Waals surface area contributed by atoms with E-state index in [1.165, 1.54) is 38.9 Å². The van der Waals surface area contributed by atoms with Crippen LogP contribution in [0.2, 0.25) is 0 Å². The maximum Gasteiger partial charge on any atom is 0.162 e. The first-order valence-corrected chi connectivity index (χ1v) is 17.1. The quantitative estimate of drug-likeness (QED) is 0.0963. The number of hydrogen-bond donors (Lipinski definition) is 1. The van der Waals surface area contributed by atoms with E-state index in [2.05, 4.69) is 77.1 Å². The average molecular weight is 809 g/mol. The topological polar surface area (TPSA) is 63.3 Å². The van der Waals surface area contributed by atoms with E-state index in [1.807, 2.05) is 46.0 Å². The molecule has 0 bridgehead atoms. The minimum atomic E-state index is -0.231. The zero-order valence-corrected chi connectivity index (χ0v) is 31.9. The van der Waals surface area contributed by atoms with Crippen LogP contribution >= 0.6 is 0 Å². The average Bonchev–Trinajstić information content (AvgIpc) is 3.38. The Hall–Kier alpha value is -3.27. The molecule has 0 fully saturated rings. The van der Waals surface area contributed by atoms with Gasteiger partial charge in [-0.25, -0.2) is 0 Å². The van der Waals surface area contributed by atoms with Gasteiger partial charge in [0.2, 0.25) is 0 Å². The Morgan fingerprint density at radius 2 is 1.62 bits per heavy atom. The van der Waals surface area contributed by atoms with Gasteiger partial charge in [0.25, 0.3) is 0 Å². The summed E-state index contributed by atoms with van der Waals surface area (Å²) in [5.74, 6) is 0.547. The first kappa shape index (κ1) is 36.6. The van der Waals surface area contributed by atoms with E-state index in [4.69, 9.17) is 9.40 Å². The summed E-state index contributed by atoms with van der Waals surface area (Å²) in [4.78, 5) is 16.7. The van der Waals surface area contributed by atoms with Gasteiger partial charge >= 0.3 is 0 Å². The third-order valence-electron chi connectivity index (χ3n) is 9.80. The van der Waals surface area contributed by atoms with Gasteiger partial charge in [0.1, 0.15) is 5.58 Å². The smallest absolute Gasteiger partial charge is 0.162 e. The monoisotopic (exact) mass is 809 g/mol. The molecule has 0 saturated carbocycles. The van der Waals surface area contributed by atoms with Crippen LogP contribution in [0.15, 0.2) is 71.0 Å². The fourth-order valence-corrected chi connectivity index (χ4v) is 7.23. The van der Waals surface area contributed by atoms with Crippen molar-refractivity contribution < 1.29 is 34.4 Å². The van der Waals surface area contributed by atoms with E-state index >= 15 is 0 Å². The molecule has 0 spiro atoms. The van der Waals surface area contributed by atoms with Crippen molar-refractivity contribution in [1.29, 1.82) is 0 Å². The number of aliphatic hydroxyl groups is 1. The van der Waals surface area contributed by atoms with Crippen molar-refractivity contribution in [2.45, 2.75) is 99.8 Å². The Labute approximate surface area is 294 Å². The molecule has 1 N–H and O–H groups in total. The third-order valence-corrected chi connectivity index (χ3v) is 9.80. The third kappa shape index (κ3) is 6.99. The van der Waals surface area contributed by atoms with E-state index in [-0.39, 0.29) is 54.3 Å². The number of furan rings is 1. The van der Waals surface area contributed by atoms with Gasteiger partial charge in [-0.05, 0) is 76.1 Å². The van der Waals surface area contributed by atoms with Gasteiger partial charge in [0, 0.05) is 49.6 Å². The largest absolute Gasteiger partial charge is 0.512 e. The van der Waals surface area contributed by atoms with Crippen molar-refractivity contribution in [3.05, 3.63) is 89.3 Å². The number of carbonyl (C=O) groups is 1. The van der Waals surface area contributed by atoms with Crippen LogP contribution in [0, 0.1) is 23.3 Å². The fourth-order valence-electron chi connectivity index (χ4n) is 7.23. The number of aliphatic hydroxyl groups excluding tert-OH is 1. The summed E-state index contributed by atoms with van der Waals surface area (Å²) in [6.45, 7) is 19.6. The number of rotatable bonds is 8. The van der Waals surface area contributed by atoms with E-state index in [0.29, 0.717) is 0 Å². The summed E-state index contributed by atoms with van der Waals surface area (Å²) in [7, 11) is 0. The van der Waals surface area contributed by atoms with Gasteiger partial charge in [-0.3, -0.25) is 4.79 Å². The standard InChI is InChI=1S/C29H26NO.C13H24O2.Ir/c1-28(2,3)15-17-13-14-21-24-23-20(11-8-12-22(23)31-27(17)24)26-25(29(21,4)5)19-10-7-6-9-18(19)16-30-26;1-5-10(6-2)12(14)9-13(15)11(7-3)8-4;/h6-10,12-14,16H,15H2,1-5H3;9-11,14H,5-8H2,1-4H3;/q-1;;/b;12-9-;. The summed E-state index contributed by atoms with van der Waals surface area (Å²) >= 11 is 0. The van der Waals surface area contributed by atoms with E-state index in [9.17, 15) is 9.90 Å². The number of nitrogens with zero attached hydrogens (tertiary/aromatic N) is 1. The second-order valence-electron chi connectivity index (χ2n) is 14.6. The van der Waals surface area contributed by atoms with Crippen molar-refractivity contribution >= 4 is 38.5 Å². The Kier molecular flexibility index (Phi) is 11.3. The summed E-state index contributed by atoms with van der Waals surface area (Å²) in [5.41, 5.74) is 7.81. The van der Waals surface area contributed by atoms with Crippen LogP contribution in [0.4, 0.5) is 0 Å². The number of fused-ring (bicyclic) bond motifs is 4. The van der Waals surface area contributed by atoms with Crippen molar-refractivity contribution in [3.8, 4) is 11.3 Å². The van der Waals surface area contributed by atoms with Crippen molar-refractivity contribution in [3.63, 3.8) is 0 Å². The summed E-state index contributed by atoms with van der Waals surface area (Å²) in [6.07, 6.45) is 7.87.